The summed E-state index contributed by atoms with van der Waals surface area (Å²) in [7, 11) is 1.30. The molecule has 31 heteroatoms. The maximum atomic E-state index is 16.3. The van der Waals surface area contributed by atoms with Gasteiger partial charge in [0.15, 0.2) is 28.8 Å². The van der Waals surface area contributed by atoms with Crippen LogP contribution in [0.15, 0.2) is 78.9 Å². The highest BCUT2D eigenvalue weighted by atomic mass is 35.5. The van der Waals surface area contributed by atoms with Crippen LogP contribution < -0.4 is 46.9 Å². The lowest BCUT2D eigenvalue weighted by Gasteiger charge is -2.54. The van der Waals surface area contributed by atoms with E-state index in [0.29, 0.717) is 11.8 Å². The Bertz CT molecular complexity index is 4370. The summed E-state index contributed by atoms with van der Waals surface area (Å²) in [5.41, 5.74) is 9.25. The van der Waals surface area contributed by atoms with Gasteiger partial charge < -0.3 is 97.3 Å². The molecule has 578 valence electrons. The number of fused-ring (bicyclic) bond motifs is 15. The zero-order valence-corrected chi connectivity index (χ0v) is 61.5. The van der Waals surface area contributed by atoms with Crippen LogP contribution in [0.2, 0.25) is 10.0 Å². The number of ether oxygens (including phenoxy) is 5. The average Bonchev–Trinajstić information content (AvgIpc) is 0.761. The molecule has 15 bridgehead atoms. The molecule has 5 fully saturated rings. The van der Waals surface area contributed by atoms with Crippen LogP contribution in [0.4, 0.5) is 4.79 Å². The summed E-state index contributed by atoms with van der Waals surface area (Å²) >= 11 is 14.2. The van der Waals surface area contributed by atoms with Gasteiger partial charge in [-0.25, -0.2) is 4.79 Å². The quantitative estimate of drug-likeness (QED) is 0.0605. The van der Waals surface area contributed by atoms with Gasteiger partial charge in [0, 0.05) is 56.5 Å². The van der Waals surface area contributed by atoms with Crippen molar-refractivity contribution in [3.05, 3.63) is 117 Å². The van der Waals surface area contributed by atoms with Crippen LogP contribution in [0.1, 0.15) is 157 Å². The number of phenolic OH excluding ortho intramolecular Hbond substituents is 3. The number of nitrogens with one attached hydrogen (secondary N) is 4. The molecular weight excluding hydrogens is 1450 g/mol. The predicted octanol–water partition coefficient (Wildman–Crippen LogP) is 6.41. The molecule has 4 saturated carbocycles. The number of Topliss-reactive ketones (excluding diaryl/α,β-unsaturated/α-hetero) is 3. The Labute approximate surface area is 630 Å². The minimum atomic E-state index is -2.17. The molecule has 5 aromatic carbocycles. The third-order valence-corrected chi connectivity index (χ3v) is 22.3. The molecule has 16 N–H and O–H groups in total. The summed E-state index contributed by atoms with van der Waals surface area (Å²) < 4.78 is 31.2. The number of nitrogens with zero attached hydrogens (tertiary/aromatic N) is 1. The van der Waals surface area contributed by atoms with Crippen molar-refractivity contribution >= 4 is 76.2 Å². The Morgan fingerprint density at radius 1 is 0.676 bits per heavy atom. The first-order valence-electron chi connectivity index (χ1n) is 36.0. The number of ketones is 3. The van der Waals surface area contributed by atoms with Gasteiger partial charge in [-0.1, -0.05) is 55.2 Å². The first-order valence-corrected chi connectivity index (χ1v) is 36.8. The number of likely N-dealkylation sites (N-methyl/N-ethyl adjacent to an activating group) is 1. The summed E-state index contributed by atoms with van der Waals surface area (Å²) in [6.45, 7) is 7.92. The minimum Gasteiger partial charge on any atom is -0.508 e. The van der Waals surface area contributed by atoms with Crippen molar-refractivity contribution in [1.29, 1.82) is 0 Å². The molecule has 29 nitrogen and oxygen atoms in total. The van der Waals surface area contributed by atoms with Crippen molar-refractivity contribution in [3.63, 3.8) is 0 Å². The number of carbonyl (C=O) groups is 9. The van der Waals surface area contributed by atoms with E-state index < -0.39 is 204 Å². The third-order valence-electron chi connectivity index (χ3n) is 21.7. The highest BCUT2D eigenvalue weighted by Crippen LogP contribution is 2.58. The molecule has 0 radical (unpaired) electrons. The van der Waals surface area contributed by atoms with Crippen LogP contribution in [-0.4, -0.2) is 167 Å². The largest absolute Gasteiger partial charge is 0.508 e. The van der Waals surface area contributed by atoms with Gasteiger partial charge >= 0.3 is 6.09 Å². The third kappa shape index (κ3) is 16.4. The normalized spacial score (nSPS) is 29.3. The van der Waals surface area contributed by atoms with Crippen molar-refractivity contribution in [2.45, 2.75) is 183 Å². The molecule has 5 unspecified atom stereocenters. The molecule has 6 amide bonds. The van der Waals surface area contributed by atoms with E-state index in [1.54, 1.807) is 34.6 Å². The minimum absolute atomic E-state index is 0.0142. The Hall–Kier alpha value is -9.17. The van der Waals surface area contributed by atoms with Gasteiger partial charge in [0.2, 0.25) is 41.6 Å². The second-order valence-corrected chi connectivity index (χ2v) is 31.8. The Morgan fingerprint density at radius 3 is 1.87 bits per heavy atom. The second-order valence-electron chi connectivity index (χ2n) is 31.0. The number of nitrogens with two attached hydrogens (primary N) is 2. The van der Waals surface area contributed by atoms with E-state index in [4.69, 9.17) is 58.4 Å². The molecule has 108 heavy (non-hydrogen) atoms. The molecule has 0 spiro atoms. The SMILES string of the molecule is CC(C)C[C@H](C(=O)N[C@H]1C(=O)C[C@@H](CC(N)=O)C(=O)N[C@H]2C(=O)C[C@H]3C(=O)N[C@@H](C(=O)N[C@H](C(=O)CC4C5CC6CC(C5)CC4C6)c4cc(O)cc(O)c4-c4cc3ccc4O)[C@H](O)c3ccc(c(Cl)c3)Oc3cc2cc(c3OC2OC(CN)C(O)C(O)C2O)Oc2ccc(cc2Cl)[C@H]1O)N(C)C(=O)OC(C)(C)C. The van der Waals surface area contributed by atoms with Crippen molar-refractivity contribution in [2.75, 3.05) is 13.6 Å². The molecule has 6 heterocycles. The number of phenols is 3. The molecular formula is C77H89Cl2N7O22. The van der Waals surface area contributed by atoms with E-state index in [1.807, 2.05) is 0 Å². The van der Waals surface area contributed by atoms with Crippen molar-refractivity contribution in [3.8, 4) is 57.1 Å². The van der Waals surface area contributed by atoms with Gasteiger partial charge in [-0.05, 0) is 177 Å². The van der Waals surface area contributed by atoms with Crippen LogP contribution in [0.5, 0.6) is 46.0 Å². The van der Waals surface area contributed by atoms with Crippen molar-refractivity contribution < 1.29 is 108 Å². The van der Waals surface area contributed by atoms with Gasteiger partial charge in [-0.15, -0.1) is 0 Å². The summed E-state index contributed by atoms with van der Waals surface area (Å²) in [6, 6.07) is 5.70. The lowest BCUT2D eigenvalue weighted by atomic mass is 9.51. The van der Waals surface area contributed by atoms with E-state index in [2.05, 4.69) is 21.3 Å². The molecule has 0 aromatic heterocycles. The first kappa shape index (κ1) is 78.4. The number of rotatable bonds is 13. The number of amides is 6. The maximum Gasteiger partial charge on any atom is 0.410 e. The fourth-order valence-electron chi connectivity index (χ4n) is 16.6. The number of aromatic hydroxyl groups is 3. The molecule has 1 saturated heterocycles. The fourth-order valence-corrected chi connectivity index (χ4v) is 17.0. The standard InChI is InChI=1S/C77H89Cl2N7O22/c1-31(2)13-48(86(6)76(103)108-77(3,4)5)73(101)84-63-51(90)22-40(25-59(81)93)71(99)82-61-39-23-56(104-54-11-8-35(65(63)94)20-46(54)78)70(107-75-69(98)68(97)67(96)58(30-80)106-75)57(24-39)105-55-12-9-36(21-47(55)79)66(95)64-74(102)83-62(53(92)28-42-37-15-32-14-33(17-37)18-38(42)16-32)45-26-41(87)27-50(89)60(45)44-19-34(7-10-49(44)88)43(29-52(61)91)72(100)85-64/h7-12,19-21,23-24,26-27,31-33,37-38,40,42-43,48,58,61-69,75,87-89,94-98H,13-18,22,25,28-30,80H2,1-6H3,(H2,81,93)(H,82,99)(H,83,102)(H,84,101)(H,85,100)/t32?,33?,37?,38?,40-,42?,43+,48+,58?,61+,62-,63-,64+,65+,66+,67?,68?,69?,75?/m0/s1. The number of primary amides is 1. The summed E-state index contributed by atoms with van der Waals surface area (Å²) in [4.78, 5) is 137. The summed E-state index contributed by atoms with van der Waals surface area (Å²) in [5.74, 6) is -15.5. The number of hydrogen-bond donors (Lipinski definition) is 14. The van der Waals surface area contributed by atoms with E-state index in [-0.39, 0.29) is 97.0 Å². The van der Waals surface area contributed by atoms with Crippen molar-refractivity contribution in [2.24, 2.45) is 52.9 Å². The second kappa shape index (κ2) is 31.4. The molecule has 10 aliphatic rings. The number of halogens is 2. The topological polar surface area (TPSA) is 465 Å². The van der Waals surface area contributed by atoms with Crippen LogP contribution in [0.25, 0.3) is 11.1 Å². The Morgan fingerprint density at radius 2 is 1.29 bits per heavy atom. The van der Waals surface area contributed by atoms with E-state index in [0.717, 1.165) is 73.4 Å². The highest BCUT2D eigenvalue weighted by Gasteiger charge is 2.51. The number of carbonyl (C=O) groups excluding carboxylic acids is 9. The smallest absolute Gasteiger partial charge is 0.410 e. The molecule has 14 atom stereocenters. The van der Waals surface area contributed by atoms with Crippen LogP contribution in [0.3, 0.4) is 0 Å². The number of hydrogen-bond acceptors (Lipinski definition) is 23. The zero-order valence-electron chi connectivity index (χ0n) is 60.0. The number of aliphatic hydroxyl groups excluding tert-OH is 5. The van der Waals surface area contributed by atoms with Crippen LogP contribution in [0, 0.1) is 41.4 Å². The lowest BCUT2D eigenvalue weighted by Crippen LogP contribution is -2.60. The molecule has 4 aliphatic carbocycles. The Balaban J connectivity index is 1.04. The van der Waals surface area contributed by atoms with Gasteiger partial charge in [0.25, 0.3) is 0 Å². The van der Waals surface area contributed by atoms with Crippen LogP contribution >= 0.6 is 23.2 Å². The number of benzene rings is 5. The summed E-state index contributed by atoms with van der Waals surface area (Å²) in [5, 5.41) is 104. The summed E-state index contributed by atoms with van der Waals surface area (Å²) in [6.07, 6.45) is -12.7. The zero-order chi connectivity index (χ0) is 78.0. The van der Waals surface area contributed by atoms with Gasteiger partial charge in [0.05, 0.1) is 21.9 Å². The molecule has 15 rings (SSSR count). The van der Waals surface area contributed by atoms with E-state index >= 15 is 28.8 Å². The van der Waals surface area contributed by atoms with Gasteiger partial charge in [0.1, 0.15) is 101 Å². The van der Waals surface area contributed by atoms with Crippen LogP contribution in [-0.2, 0) is 47.8 Å². The molecule has 5 aromatic rings. The average molecular weight is 1540 g/mol. The fraction of sp³-hybridized carbons (Fsp3) is 0.494. The van der Waals surface area contributed by atoms with E-state index in [1.165, 1.54) is 49.5 Å². The monoisotopic (exact) mass is 1530 g/mol. The maximum absolute atomic E-state index is 16.3. The van der Waals surface area contributed by atoms with E-state index in [9.17, 15) is 55.2 Å². The van der Waals surface area contributed by atoms with Gasteiger partial charge in [-0.3, -0.25) is 43.3 Å². The highest BCUT2D eigenvalue weighted by molar-refractivity contribution is 6.32. The van der Waals surface area contributed by atoms with Gasteiger partial charge in [-0.2, -0.15) is 0 Å². The lowest BCUT2D eigenvalue weighted by molar-refractivity contribution is -0.270. The molecule has 6 aliphatic heterocycles. The predicted molar refractivity (Wildman–Crippen MR) is 385 cm³/mol. The van der Waals surface area contributed by atoms with Crippen molar-refractivity contribution in [1.82, 2.24) is 26.2 Å². The first-order chi connectivity index (χ1) is 51.0. The Kier molecular flexibility index (Phi) is 22.8. The number of aliphatic hydroxyl groups is 5.